The number of hydrogen-bond acceptors (Lipinski definition) is 2. The number of benzene rings is 2. The van der Waals surface area contributed by atoms with Crippen LogP contribution in [0.15, 0.2) is 48.5 Å². The summed E-state index contributed by atoms with van der Waals surface area (Å²) in [6, 6.07) is 16.8. The summed E-state index contributed by atoms with van der Waals surface area (Å²) in [5.74, 6) is 1.03. The second kappa shape index (κ2) is 8.39. The highest BCUT2D eigenvalue weighted by molar-refractivity contribution is 5.96. The van der Waals surface area contributed by atoms with Crippen molar-refractivity contribution in [3.8, 4) is 17.0 Å². The number of amides is 1. The highest BCUT2D eigenvalue weighted by atomic mass is 16.5. The fourth-order valence-corrected chi connectivity index (χ4v) is 4.49. The summed E-state index contributed by atoms with van der Waals surface area (Å²) in [5.41, 5.74) is 13.4. The van der Waals surface area contributed by atoms with Crippen LogP contribution in [0.25, 0.3) is 11.3 Å². The summed E-state index contributed by atoms with van der Waals surface area (Å²) >= 11 is 0. The average molecular weight is 403 g/mol. The van der Waals surface area contributed by atoms with Crippen LogP contribution in [0.3, 0.4) is 0 Å². The fourth-order valence-electron chi connectivity index (χ4n) is 4.49. The van der Waals surface area contributed by atoms with Crippen LogP contribution in [0.2, 0.25) is 0 Å². The minimum Gasteiger partial charge on any atom is -0.497 e. The molecule has 4 nitrogen and oxygen atoms in total. The Morgan fingerprint density at radius 3 is 2.53 bits per heavy atom. The van der Waals surface area contributed by atoms with Crippen LogP contribution in [-0.4, -0.2) is 17.6 Å². The molecule has 1 aromatic heterocycles. The maximum atomic E-state index is 12.1. The van der Waals surface area contributed by atoms with E-state index < -0.39 is 0 Å². The highest BCUT2D eigenvalue weighted by Gasteiger charge is 2.26. The Labute approximate surface area is 178 Å². The number of aromatic nitrogens is 1. The SMILES string of the molecule is COc1ccc(C2CCC2)c(-c2cc(C(N)=O)c(C)n2CCc2ccccc2C)c1. The molecule has 0 atom stereocenters. The normalized spacial score (nSPS) is 13.8. The number of hydrogen-bond donors (Lipinski definition) is 1. The lowest BCUT2D eigenvalue weighted by Gasteiger charge is -2.28. The molecule has 2 N–H and O–H groups in total. The molecule has 0 bridgehead atoms. The van der Waals surface area contributed by atoms with E-state index in [0.29, 0.717) is 11.5 Å². The molecule has 2 aromatic carbocycles. The molecule has 1 aliphatic rings. The van der Waals surface area contributed by atoms with E-state index in [1.807, 2.05) is 19.1 Å². The molecular formula is C26H30N2O2. The van der Waals surface area contributed by atoms with Crippen molar-refractivity contribution in [1.82, 2.24) is 4.57 Å². The molecule has 1 amide bonds. The number of carbonyl (C=O) groups excluding carboxylic acids is 1. The third-order valence-corrected chi connectivity index (χ3v) is 6.58. The molecule has 0 radical (unpaired) electrons. The van der Waals surface area contributed by atoms with Crippen molar-refractivity contribution in [3.63, 3.8) is 0 Å². The predicted molar refractivity (Wildman–Crippen MR) is 121 cm³/mol. The van der Waals surface area contributed by atoms with E-state index in [0.717, 1.165) is 35.7 Å². The molecule has 0 spiro atoms. The molecule has 1 heterocycles. The van der Waals surface area contributed by atoms with Crippen molar-refractivity contribution in [3.05, 3.63) is 76.5 Å². The van der Waals surface area contributed by atoms with Gasteiger partial charge < -0.3 is 15.0 Å². The summed E-state index contributed by atoms with van der Waals surface area (Å²) in [7, 11) is 1.69. The lowest BCUT2D eigenvalue weighted by molar-refractivity contribution is 0.0999. The Hall–Kier alpha value is -3.01. The Balaban J connectivity index is 1.80. The standard InChI is InChI=1S/C26H30N2O2/c1-17-7-4-5-8-19(17)13-14-28-18(2)23(26(27)29)16-25(28)24-15-21(30-3)11-12-22(24)20-9-6-10-20/h4-5,7-8,11-12,15-16,20H,6,9-10,13-14H2,1-3H3,(H2,27,29). The van der Waals surface area contributed by atoms with Crippen LogP contribution in [-0.2, 0) is 13.0 Å². The Kier molecular flexibility index (Phi) is 5.67. The van der Waals surface area contributed by atoms with Gasteiger partial charge in [-0.2, -0.15) is 0 Å². The van der Waals surface area contributed by atoms with Gasteiger partial charge in [0.1, 0.15) is 5.75 Å². The average Bonchev–Trinajstić information content (AvgIpc) is 3.03. The second-order valence-electron chi connectivity index (χ2n) is 8.30. The first-order valence-corrected chi connectivity index (χ1v) is 10.7. The molecule has 0 unspecified atom stereocenters. The van der Waals surface area contributed by atoms with Crippen molar-refractivity contribution in [2.24, 2.45) is 5.73 Å². The van der Waals surface area contributed by atoms with Crippen molar-refractivity contribution < 1.29 is 9.53 Å². The number of ether oxygens (including phenoxy) is 1. The minimum absolute atomic E-state index is 0.378. The lowest BCUT2D eigenvalue weighted by atomic mass is 9.77. The summed E-state index contributed by atoms with van der Waals surface area (Å²) in [5, 5.41) is 0. The fraction of sp³-hybridized carbons (Fsp3) is 0.346. The van der Waals surface area contributed by atoms with Gasteiger partial charge in [-0.1, -0.05) is 36.8 Å². The number of methoxy groups -OCH3 is 1. The van der Waals surface area contributed by atoms with Crippen molar-refractivity contribution >= 4 is 5.91 Å². The van der Waals surface area contributed by atoms with E-state index in [1.54, 1.807) is 7.11 Å². The first-order chi connectivity index (χ1) is 14.5. The van der Waals surface area contributed by atoms with Gasteiger partial charge in [-0.3, -0.25) is 4.79 Å². The van der Waals surface area contributed by atoms with Gasteiger partial charge in [-0.25, -0.2) is 0 Å². The van der Waals surface area contributed by atoms with E-state index >= 15 is 0 Å². The Bertz CT molecular complexity index is 1080. The van der Waals surface area contributed by atoms with Crippen LogP contribution < -0.4 is 10.5 Å². The molecule has 3 aromatic rings. The van der Waals surface area contributed by atoms with Crippen LogP contribution >= 0.6 is 0 Å². The van der Waals surface area contributed by atoms with E-state index in [2.05, 4.69) is 47.9 Å². The van der Waals surface area contributed by atoms with E-state index in [4.69, 9.17) is 10.5 Å². The lowest BCUT2D eigenvalue weighted by Crippen LogP contribution is -2.13. The van der Waals surface area contributed by atoms with Gasteiger partial charge in [0, 0.05) is 23.5 Å². The molecule has 4 rings (SSSR count). The Morgan fingerprint density at radius 2 is 1.90 bits per heavy atom. The number of primary amides is 1. The highest BCUT2D eigenvalue weighted by Crippen LogP contribution is 2.43. The molecule has 1 saturated carbocycles. The van der Waals surface area contributed by atoms with Gasteiger partial charge in [0.15, 0.2) is 0 Å². The first-order valence-electron chi connectivity index (χ1n) is 10.7. The third kappa shape index (κ3) is 3.74. The molecule has 30 heavy (non-hydrogen) atoms. The van der Waals surface area contributed by atoms with Crippen LogP contribution in [0, 0.1) is 13.8 Å². The van der Waals surface area contributed by atoms with Gasteiger partial charge in [-0.15, -0.1) is 0 Å². The maximum absolute atomic E-state index is 12.1. The van der Waals surface area contributed by atoms with Gasteiger partial charge in [0.05, 0.1) is 12.7 Å². The zero-order chi connectivity index (χ0) is 21.3. The maximum Gasteiger partial charge on any atom is 0.250 e. The van der Waals surface area contributed by atoms with Crippen molar-refractivity contribution in [2.45, 2.75) is 52.0 Å². The monoisotopic (exact) mass is 402 g/mol. The zero-order valence-corrected chi connectivity index (χ0v) is 18.1. The van der Waals surface area contributed by atoms with Gasteiger partial charge >= 0.3 is 0 Å². The zero-order valence-electron chi connectivity index (χ0n) is 18.1. The second-order valence-corrected chi connectivity index (χ2v) is 8.30. The first kappa shape index (κ1) is 20.3. The van der Waals surface area contributed by atoms with Crippen LogP contribution in [0.5, 0.6) is 5.75 Å². The van der Waals surface area contributed by atoms with Gasteiger partial charge in [-0.05, 0) is 73.9 Å². The van der Waals surface area contributed by atoms with E-state index in [-0.39, 0.29) is 5.91 Å². The van der Waals surface area contributed by atoms with Gasteiger partial charge in [0.25, 0.3) is 5.91 Å². The predicted octanol–water partition coefficient (Wildman–Crippen LogP) is 5.39. The summed E-state index contributed by atoms with van der Waals surface area (Å²) < 4.78 is 7.78. The number of nitrogens with zero attached hydrogens (tertiary/aromatic N) is 1. The van der Waals surface area contributed by atoms with Crippen molar-refractivity contribution in [2.75, 3.05) is 7.11 Å². The number of carbonyl (C=O) groups is 1. The van der Waals surface area contributed by atoms with Crippen LogP contribution in [0.1, 0.15) is 57.9 Å². The van der Waals surface area contributed by atoms with E-state index in [9.17, 15) is 4.79 Å². The third-order valence-electron chi connectivity index (χ3n) is 6.58. The summed E-state index contributed by atoms with van der Waals surface area (Å²) in [6.45, 7) is 4.93. The van der Waals surface area contributed by atoms with Crippen molar-refractivity contribution in [1.29, 1.82) is 0 Å². The molecule has 0 aliphatic heterocycles. The minimum atomic E-state index is -0.378. The topological polar surface area (TPSA) is 57.2 Å². The number of aryl methyl sites for hydroxylation is 2. The summed E-state index contributed by atoms with van der Waals surface area (Å²) in [6.07, 6.45) is 4.60. The summed E-state index contributed by atoms with van der Waals surface area (Å²) in [4.78, 5) is 12.1. The molecule has 0 saturated heterocycles. The number of nitrogens with two attached hydrogens (primary N) is 1. The molecule has 4 heteroatoms. The van der Waals surface area contributed by atoms with E-state index in [1.165, 1.54) is 36.0 Å². The molecule has 1 fully saturated rings. The molecule has 156 valence electrons. The Morgan fingerprint density at radius 1 is 1.13 bits per heavy atom. The molecule has 1 aliphatic carbocycles. The quantitative estimate of drug-likeness (QED) is 0.576. The van der Waals surface area contributed by atoms with Crippen LogP contribution in [0.4, 0.5) is 0 Å². The smallest absolute Gasteiger partial charge is 0.250 e. The van der Waals surface area contributed by atoms with Gasteiger partial charge in [0.2, 0.25) is 0 Å². The number of rotatable bonds is 7. The largest absolute Gasteiger partial charge is 0.497 e. The molecular weight excluding hydrogens is 372 g/mol.